The number of piperazine rings is 1. The number of rotatable bonds is 7. The predicted molar refractivity (Wildman–Crippen MR) is 137 cm³/mol. The summed E-state index contributed by atoms with van der Waals surface area (Å²) in [5, 5.41) is 0.891. The summed E-state index contributed by atoms with van der Waals surface area (Å²) in [6.07, 6.45) is -4.71. The molecule has 0 radical (unpaired) electrons. The van der Waals surface area contributed by atoms with E-state index in [1.807, 2.05) is 12.1 Å². The zero-order chi connectivity index (χ0) is 26.6. The van der Waals surface area contributed by atoms with Crippen molar-refractivity contribution in [3.05, 3.63) is 98.8 Å². The maximum Gasteiger partial charge on any atom is 0.416 e. The van der Waals surface area contributed by atoms with Gasteiger partial charge in [0.05, 0.1) is 18.3 Å². The fraction of sp³-hybridized carbons (Fsp3) is 0.333. The Kier molecular flexibility index (Phi) is 8.75. The van der Waals surface area contributed by atoms with Crippen LogP contribution in [-0.4, -0.2) is 53.4 Å². The van der Waals surface area contributed by atoms with E-state index in [4.69, 9.17) is 27.9 Å². The average Bonchev–Trinajstić information content (AvgIpc) is 2.86. The standard InChI is InChI=1S/C27H26Cl2F3N3O2/c1-18-14-21(15-25(29)33-18)26(36)35-12-10-34(11-13-35)16-24(20-4-8-23(28)9-5-20)37-17-19-2-6-22(7-3-19)27(30,31)32/h2-9,14-15,24H,10-13,16-17H2,1H3. The van der Waals surface area contributed by atoms with Crippen molar-refractivity contribution in [1.82, 2.24) is 14.8 Å². The number of hydrogen-bond donors (Lipinski definition) is 0. The molecule has 0 saturated carbocycles. The van der Waals surface area contributed by atoms with Gasteiger partial charge in [0.15, 0.2) is 0 Å². The molecule has 196 valence electrons. The van der Waals surface area contributed by atoms with Gasteiger partial charge < -0.3 is 9.64 Å². The molecule has 1 amide bonds. The van der Waals surface area contributed by atoms with E-state index in [-0.39, 0.29) is 23.8 Å². The Morgan fingerprint density at radius 2 is 1.65 bits per heavy atom. The smallest absolute Gasteiger partial charge is 0.368 e. The summed E-state index contributed by atoms with van der Waals surface area (Å²) in [4.78, 5) is 21.1. The molecule has 3 aromatic rings. The highest BCUT2D eigenvalue weighted by Gasteiger charge is 2.30. The van der Waals surface area contributed by atoms with Crippen molar-refractivity contribution >= 4 is 29.1 Å². The Hall–Kier alpha value is -2.65. The van der Waals surface area contributed by atoms with E-state index in [9.17, 15) is 18.0 Å². The van der Waals surface area contributed by atoms with Crippen LogP contribution in [0.1, 0.15) is 38.8 Å². The number of aryl methyl sites for hydroxylation is 1. The van der Waals surface area contributed by atoms with Gasteiger partial charge in [-0.25, -0.2) is 4.98 Å². The second-order valence-electron chi connectivity index (χ2n) is 8.96. The number of carbonyl (C=O) groups is 1. The third-order valence-corrected chi connectivity index (χ3v) is 6.67. The molecule has 0 N–H and O–H groups in total. The first-order valence-electron chi connectivity index (χ1n) is 11.8. The van der Waals surface area contributed by atoms with E-state index in [0.717, 1.165) is 17.7 Å². The van der Waals surface area contributed by atoms with Crippen LogP contribution in [0.25, 0.3) is 0 Å². The number of ether oxygens (including phenoxy) is 1. The average molecular weight is 552 g/mol. The van der Waals surface area contributed by atoms with Gasteiger partial charge in [0, 0.05) is 49.0 Å². The second kappa shape index (κ2) is 11.8. The molecule has 1 aliphatic rings. The van der Waals surface area contributed by atoms with Crippen molar-refractivity contribution in [1.29, 1.82) is 0 Å². The maximum atomic E-state index is 12.9. The van der Waals surface area contributed by atoms with Crippen LogP contribution in [0.2, 0.25) is 10.2 Å². The largest absolute Gasteiger partial charge is 0.416 e. The third-order valence-electron chi connectivity index (χ3n) is 6.23. The highest BCUT2D eigenvalue weighted by atomic mass is 35.5. The molecule has 0 bridgehead atoms. The molecule has 2 aromatic carbocycles. The zero-order valence-electron chi connectivity index (χ0n) is 20.1. The molecule has 1 saturated heterocycles. The van der Waals surface area contributed by atoms with Crippen LogP contribution >= 0.6 is 23.2 Å². The molecular weight excluding hydrogens is 526 g/mol. The van der Waals surface area contributed by atoms with Crippen LogP contribution in [0.15, 0.2) is 60.7 Å². The molecule has 0 spiro atoms. The van der Waals surface area contributed by atoms with Gasteiger partial charge in [-0.15, -0.1) is 0 Å². The first-order chi connectivity index (χ1) is 17.6. The van der Waals surface area contributed by atoms with Crippen LogP contribution in [-0.2, 0) is 17.5 Å². The van der Waals surface area contributed by atoms with Gasteiger partial charge in [-0.05, 0) is 54.4 Å². The minimum absolute atomic E-state index is 0.0835. The van der Waals surface area contributed by atoms with E-state index in [1.54, 1.807) is 36.1 Å². The SMILES string of the molecule is Cc1cc(C(=O)N2CCN(CC(OCc3ccc(C(F)(F)F)cc3)c3ccc(Cl)cc3)CC2)cc(Cl)n1. The van der Waals surface area contributed by atoms with E-state index in [2.05, 4.69) is 9.88 Å². The minimum atomic E-state index is -4.38. The Morgan fingerprint density at radius 3 is 2.24 bits per heavy atom. The quantitative estimate of drug-likeness (QED) is 0.317. The van der Waals surface area contributed by atoms with Crippen LogP contribution in [0.3, 0.4) is 0 Å². The molecule has 1 aliphatic heterocycles. The monoisotopic (exact) mass is 551 g/mol. The highest BCUT2D eigenvalue weighted by Crippen LogP contribution is 2.30. The molecule has 1 aromatic heterocycles. The Morgan fingerprint density at radius 1 is 1.00 bits per heavy atom. The van der Waals surface area contributed by atoms with Gasteiger partial charge in [-0.2, -0.15) is 13.2 Å². The van der Waals surface area contributed by atoms with Crippen LogP contribution in [0.5, 0.6) is 0 Å². The van der Waals surface area contributed by atoms with Crippen molar-refractivity contribution in [2.45, 2.75) is 25.8 Å². The molecule has 37 heavy (non-hydrogen) atoms. The van der Waals surface area contributed by atoms with Crippen molar-refractivity contribution in [3.63, 3.8) is 0 Å². The van der Waals surface area contributed by atoms with Gasteiger partial charge in [-0.3, -0.25) is 9.69 Å². The normalized spacial score (nSPS) is 15.6. The van der Waals surface area contributed by atoms with Crippen molar-refractivity contribution in [2.24, 2.45) is 0 Å². The minimum Gasteiger partial charge on any atom is -0.368 e. The van der Waals surface area contributed by atoms with Gasteiger partial charge in [-0.1, -0.05) is 47.5 Å². The van der Waals surface area contributed by atoms with E-state index in [0.29, 0.717) is 54.6 Å². The lowest BCUT2D eigenvalue weighted by Crippen LogP contribution is -2.49. The topological polar surface area (TPSA) is 45.7 Å². The summed E-state index contributed by atoms with van der Waals surface area (Å²) in [7, 11) is 0. The number of alkyl halides is 3. The fourth-order valence-electron chi connectivity index (χ4n) is 4.22. The van der Waals surface area contributed by atoms with Gasteiger partial charge in [0.1, 0.15) is 5.15 Å². The molecule has 10 heteroatoms. The summed E-state index contributed by atoms with van der Waals surface area (Å²) >= 11 is 12.1. The van der Waals surface area contributed by atoms with E-state index in [1.165, 1.54) is 12.1 Å². The second-order valence-corrected chi connectivity index (χ2v) is 9.78. The molecule has 2 heterocycles. The molecule has 5 nitrogen and oxygen atoms in total. The van der Waals surface area contributed by atoms with Crippen LogP contribution in [0.4, 0.5) is 13.2 Å². The Labute approximate surface area is 223 Å². The van der Waals surface area contributed by atoms with Crippen molar-refractivity contribution in [2.75, 3.05) is 32.7 Å². The lowest BCUT2D eigenvalue weighted by atomic mass is 10.1. The van der Waals surface area contributed by atoms with Gasteiger partial charge in [0.25, 0.3) is 5.91 Å². The summed E-state index contributed by atoms with van der Waals surface area (Å²) in [6, 6.07) is 15.6. The first-order valence-corrected chi connectivity index (χ1v) is 12.5. The molecule has 4 rings (SSSR count). The highest BCUT2D eigenvalue weighted by molar-refractivity contribution is 6.30. The summed E-state index contributed by atoms with van der Waals surface area (Å²) in [5.41, 5.74) is 2.07. The molecule has 0 aliphatic carbocycles. The molecule has 1 unspecified atom stereocenters. The van der Waals surface area contributed by atoms with E-state index < -0.39 is 11.7 Å². The predicted octanol–water partition coefficient (Wildman–Crippen LogP) is 6.43. The third kappa shape index (κ3) is 7.45. The number of benzene rings is 2. The number of carbonyl (C=O) groups excluding carboxylic acids is 1. The summed E-state index contributed by atoms with van der Waals surface area (Å²) in [6.45, 7) is 4.90. The number of aromatic nitrogens is 1. The fourth-order valence-corrected chi connectivity index (χ4v) is 4.60. The zero-order valence-corrected chi connectivity index (χ0v) is 21.7. The van der Waals surface area contributed by atoms with Gasteiger partial charge in [0.2, 0.25) is 0 Å². The number of nitrogens with zero attached hydrogens (tertiary/aromatic N) is 3. The number of pyridine rings is 1. The van der Waals surface area contributed by atoms with Crippen LogP contribution in [0, 0.1) is 6.92 Å². The lowest BCUT2D eigenvalue weighted by molar-refractivity contribution is -0.137. The lowest BCUT2D eigenvalue weighted by Gasteiger charge is -2.36. The van der Waals surface area contributed by atoms with Crippen molar-refractivity contribution in [3.8, 4) is 0 Å². The Balaban J connectivity index is 1.39. The number of amides is 1. The number of hydrogen-bond acceptors (Lipinski definition) is 4. The molecular formula is C27H26Cl2F3N3O2. The van der Waals surface area contributed by atoms with Crippen LogP contribution < -0.4 is 0 Å². The van der Waals surface area contributed by atoms with Gasteiger partial charge >= 0.3 is 6.18 Å². The van der Waals surface area contributed by atoms with E-state index >= 15 is 0 Å². The molecule has 1 fully saturated rings. The maximum absolute atomic E-state index is 12.9. The molecule has 1 atom stereocenters. The number of halogens is 5. The first kappa shape index (κ1) is 27.4. The van der Waals surface area contributed by atoms with Crippen molar-refractivity contribution < 1.29 is 22.7 Å². The summed E-state index contributed by atoms with van der Waals surface area (Å²) in [5.74, 6) is -0.0835. The Bertz CT molecular complexity index is 1190. The summed E-state index contributed by atoms with van der Waals surface area (Å²) < 4.78 is 44.8.